The number of halogens is 6. The highest BCUT2D eigenvalue weighted by atomic mass is 79.9. The number of hydrogen-bond donors (Lipinski definition) is 1. The Morgan fingerprint density at radius 1 is 1.00 bits per heavy atom. The first-order valence-electron chi connectivity index (χ1n) is 8.61. The minimum atomic E-state index is -1.39. The molecule has 0 bridgehead atoms. The molecule has 0 aliphatic carbocycles. The topological polar surface area (TPSA) is 92.8 Å². The van der Waals surface area contributed by atoms with Crippen molar-refractivity contribution in [2.45, 2.75) is 13.0 Å². The Hall–Kier alpha value is -1.55. The summed E-state index contributed by atoms with van der Waals surface area (Å²) in [5, 5.41) is 1.83. The van der Waals surface area contributed by atoms with Gasteiger partial charge in [-0.1, -0.05) is 73.9 Å². The maximum Gasteiger partial charge on any atom is 0.329 e. The lowest BCUT2D eigenvalue weighted by molar-refractivity contribution is -0.150. The largest absolute Gasteiger partial charge is 0.454 e. The Balaban J connectivity index is 1.71. The van der Waals surface area contributed by atoms with E-state index in [0.717, 1.165) is 0 Å². The molecule has 0 saturated heterocycles. The van der Waals surface area contributed by atoms with Gasteiger partial charge in [0.05, 0.1) is 41.9 Å². The predicted molar refractivity (Wildman–Crippen MR) is 125 cm³/mol. The molecule has 1 atom stereocenters. The van der Waals surface area contributed by atoms with Gasteiger partial charge in [-0.25, -0.2) is 4.79 Å². The normalized spacial score (nSPS) is 13.8. The third-order valence-corrected chi connectivity index (χ3v) is 7.02. The van der Waals surface area contributed by atoms with Crippen molar-refractivity contribution < 1.29 is 23.9 Å². The molecule has 1 heterocycles. The number of fused-ring (bicyclic) bond motifs is 1. The molecule has 0 saturated carbocycles. The summed E-state index contributed by atoms with van der Waals surface area (Å²) in [6.07, 6.45) is 0. The molecule has 2 aromatic carbocycles. The molecule has 0 spiro atoms. The third-order valence-electron chi connectivity index (χ3n) is 4.41. The highest BCUT2D eigenvalue weighted by Crippen LogP contribution is 2.45. The molecule has 1 aliphatic rings. The summed E-state index contributed by atoms with van der Waals surface area (Å²) in [6.45, 7) is 0.566. The van der Waals surface area contributed by atoms with Crippen molar-refractivity contribution in [2.75, 3.05) is 11.9 Å². The Morgan fingerprint density at radius 2 is 1.53 bits per heavy atom. The molecule has 13 heteroatoms. The lowest BCUT2D eigenvalue weighted by Gasteiger charge is -2.20. The molecule has 0 aromatic heterocycles. The van der Waals surface area contributed by atoms with Crippen LogP contribution in [0.25, 0.3) is 0 Å². The number of hydrogen-bond acceptors (Lipinski definition) is 5. The van der Waals surface area contributed by atoms with E-state index in [-0.39, 0.29) is 36.2 Å². The summed E-state index contributed by atoms with van der Waals surface area (Å²) in [5.41, 5.74) is -0.223. The molecular formula is C19H10BrCl5N2O5. The van der Waals surface area contributed by atoms with Crippen LogP contribution in [-0.4, -0.2) is 41.2 Å². The van der Waals surface area contributed by atoms with Gasteiger partial charge in [-0.05, 0) is 25.1 Å². The van der Waals surface area contributed by atoms with Gasteiger partial charge in [-0.15, -0.1) is 0 Å². The summed E-state index contributed by atoms with van der Waals surface area (Å²) in [5.74, 6) is -3.49. The van der Waals surface area contributed by atoms with E-state index in [9.17, 15) is 19.2 Å². The van der Waals surface area contributed by atoms with Crippen LogP contribution >= 0.6 is 73.9 Å². The quantitative estimate of drug-likeness (QED) is 0.200. The number of amides is 3. The molecule has 168 valence electrons. The van der Waals surface area contributed by atoms with Crippen LogP contribution < -0.4 is 5.32 Å². The summed E-state index contributed by atoms with van der Waals surface area (Å²) < 4.78 is 5.66. The summed E-state index contributed by atoms with van der Waals surface area (Å²) in [7, 11) is 0. The van der Waals surface area contributed by atoms with Crippen LogP contribution in [0.15, 0.2) is 22.7 Å². The molecule has 0 radical (unpaired) electrons. The second-order valence-electron chi connectivity index (χ2n) is 6.44. The molecule has 3 rings (SSSR count). The first-order valence-corrected chi connectivity index (χ1v) is 11.3. The smallest absolute Gasteiger partial charge is 0.329 e. The van der Waals surface area contributed by atoms with E-state index < -0.39 is 36.3 Å². The summed E-state index contributed by atoms with van der Waals surface area (Å²) >= 11 is 33.3. The van der Waals surface area contributed by atoms with Crippen LogP contribution in [-0.2, 0) is 14.3 Å². The molecule has 0 fully saturated rings. The van der Waals surface area contributed by atoms with E-state index in [2.05, 4.69) is 21.2 Å². The fourth-order valence-electron chi connectivity index (χ4n) is 2.86. The van der Waals surface area contributed by atoms with Gasteiger partial charge in [0.25, 0.3) is 17.7 Å². The van der Waals surface area contributed by atoms with Gasteiger partial charge >= 0.3 is 5.97 Å². The van der Waals surface area contributed by atoms with E-state index in [1.54, 1.807) is 18.2 Å². The highest BCUT2D eigenvalue weighted by Gasteiger charge is 2.45. The first-order chi connectivity index (χ1) is 15.0. The van der Waals surface area contributed by atoms with Crippen LogP contribution in [0.4, 0.5) is 5.69 Å². The van der Waals surface area contributed by atoms with Crippen LogP contribution in [0.1, 0.15) is 27.6 Å². The maximum atomic E-state index is 12.8. The van der Waals surface area contributed by atoms with Gasteiger partial charge in [0, 0.05) is 4.47 Å². The number of nitrogens with one attached hydrogen (secondary N) is 1. The monoisotopic (exact) mass is 600 g/mol. The lowest BCUT2D eigenvalue weighted by Crippen LogP contribution is -2.44. The maximum absolute atomic E-state index is 12.8. The third kappa shape index (κ3) is 4.58. The molecular weight excluding hydrogens is 593 g/mol. The van der Waals surface area contributed by atoms with E-state index in [1.165, 1.54) is 6.92 Å². The molecule has 32 heavy (non-hydrogen) atoms. The molecule has 3 amide bonds. The predicted octanol–water partition coefficient (Wildman–Crippen LogP) is 5.88. The molecule has 7 nitrogen and oxygen atoms in total. The molecule has 1 N–H and O–H groups in total. The molecule has 1 aliphatic heterocycles. The van der Waals surface area contributed by atoms with Crippen molar-refractivity contribution >= 4 is 103 Å². The minimum Gasteiger partial charge on any atom is -0.454 e. The Morgan fingerprint density at radius 3 is 2.03 bits per heavy atom. The van der Waals surface area contributed by atoms with E-state index >= 15 is 0 Å². The Labute approximate surface area is 214 Å². The first kappa shape index (κ1) is 25.1. The van der Waals surface area contributed by atoms with Crippen molar-refractivity contribution in [1.29, 1.82) is 0 Å². The highest BCUT2D eigenvalue weighted by molar-refractivity contribution is 9.10. The summed E-state index contributed by atoms with van der Waals surface area (Å²) in [6, 6.07) is 3.39. The van der Waals surface area contributed by atoms with Crippen molar-refractivity contribution in [2.24, 2.45) is 0 Å². The van der Waals surface area contributed by atoms with E-state index in [0.29, 0.717) is 15.1 Å². The van der Waals surface area contributed by atoms with Gasteiger partial charge in [0.15, 0.2) is 6.61 Å². The minimum absolute atomic E-state index is 0.196. The van der Waals surface area contributed by atoms with Crippen molar-refractivity contribution in [3.05, 3.63) is 58.9 Å². The Kier molecular flexibility index (Phi) is 7.64. The fourth-order valence-corrected chi connectivity index (χ4v) is 4.59. The van der Waals surface area contributed by atoms with Gasteiger partial charge in [0.1, 0.15) is 6.04 Å². The second-order valence-corrected chi connectivity index (χ2v) is 9.28. The number of nitrogens with zero attached hydrogens (tertiary/aromatic N) is 1. The molecule has 0 unspecified atom stereocenters. The molecule has 2 aromatic rings. The van der Waals surface area contributed by atoms with Crippen LogP contribution in [0.2, 0.25) is 25.1 Å². The van der Waals surface area contributed by atoms with Gasteiger partial charge in [-0.3, -0.25) is 19.3 Å². The number of rotatable bonds is 5. The van der Waals surface area contributed by atoms with E-state index in [4.69, 9.17) is 62.7 Å². The zero-order valence-corrected chi connectivity index (χ0v) is 21.1. The van der Waals surface area contributed by atoms with Crippen molar-refractivity contribution in [1.82, 2.24) is 4.90 Å². The summed E-state index contributed by atoms with van der Waals surface area (Å²) in [4.78, 5) is 50.7. The second kappa shape index (κ2) is 9.75. The average Bonchev–Trinajstić information content (AvgIpc) is 3.00. The van der Waals surface area contributed by atoms with Gasteiger partial charge in [0.2, 0.25) is 0 Å². The number of anilines is 1. The van der Waals surface area contributed by atoms with Crippen LogP contribution in [0.5, 0.6) is 0 Å². The lowest BCUT2D eigenvalue weighted by atomic mass is 10.1. The van der Waals surface area contributed by atoms with Gasteiger partial charge < -0.3 is 10.1 Å². The zero-order valence-electron chi connectivity index (χ0n) is 15.8. The average molecular weight is 603 g/mol. The number of imide groups is 1. The SMILES string of the molecule is C[C@H](C(=O)OCC(=O)Nc1ccc(Br)cc1Cl)N1C(=O)c2c(Cl)c(Cl)c(Cl)c(Cl)c2C1=O. The number of benzene rings is 2. The number of ether oxygens (including phenoxy) is 1. The number of carbonyl (C=O) groups excluding carboxylic acids is 4. The van der Waals surface area contributed by atoms with Crippen molar-refractivity contribution in [3.63, 3.8) is 0 Å². The standard InChI is InChI=1S/C19H10BrCl5N2O5/c1-6(19(31)32-5-10(28)26-9-3-2-7(20)4-8(9)21)27-17(29)11-12(18(27)30)14(23)16(25)15(24)13(11)22/h2-4,6H,5H2,1H3,(H,26,28)/t6-/m1/s1. The van der Waals surface area contributed by atoms with Gasteiger partial charge in [-0.2, -0.15) is 0 Å². The number of esters is 1. The Bertz CT molecular complexity index is 1140. The van der Waals surface area contributed by atoms with Crippen molar-refractivity contribution in [3.8, 4) is 0 Å². The van der Waals surface area contributed by atoms with E-state index in [1.807, 2.05) is 0 Å². The zero-order chi connectivity index (χ0) is 23.9. The van der Waals surface area contributed by atoms with Crippen LogP contribution in [0, 0.1) is 0 Å². The van der Waals surface area contributed by atoms with Crippen LogP contribution in [0.3, 0.4) is 0 Å². The fraction of sp³-hybridized carbons (Fsp3) is 0.158. The number of carbonyl (C=O) groups is 4.